The zero-order valence-corrected chi connectivity index (χ0v) is 13.3. The lowest BCUT2D eigenvalue weighted by atomic mass is 9.67. The van der Waals surface area contributed by atoms with E-state index in [1.807, 2.05) is 25.3 Å². The van der Waals surface area contributed by atoms with Crippen LogP contribution in [0.3, 0.4) is 0 Å². The Balaban J connectivity index is 0.00000161. The third-order valence-electron chi connectivity index (χ3n) is 5.02. The zero-order valence-electron chi connectivity index (χ0n) is 12.5. The highest BCUT2D eigenvalue weighted by atomic mass is 35.5. The van der Waals surface area contributed by atoms with E-state index in [4.69, 9.17) is 0 Å². The van der Waals surface area contributed by atoms with Crippen molar-refractivity contribution in [1.29, 1.82) is 0 Å². The van der Waals surface area contributed by atoms with Crippen LogP contribution in [0.5, 0.6) is 0 Å². The summed E-state index contributed by atoms with van der Waals surface area (Å²) in [7, 11) is 0. The summed E-state index contributed by atoms with van der Waals surface area (Å²) in [5.41, 5.74) is 0.893. The molecule has 1 aliphatic heterocycles. The summed E-state index contributed by atoms with van der Waals surface area (Å²) in [6.07, 6.45) is 8.23. The minimum absolute atomic E-state index is 0. The zero-order chi connectivity index (χ0) is 14.0. The van der Waals surface area contributed by atoms with Gasteiger partial charge in [-0.25, -0.2) is 0 Å². The summed E-state index contributed by atoms with van der Waals surface area (Å²) >= 11 is 0. The van der Waals surface area contributed by atoms with Crippen molar-refractivity contribution in [3.8, 4) is 0 Å². The molecule has 2 fully saturated rings. The van der Waals surface area contributed by atoms with E-state index in [0.717, 1.165) is 25.1 Å². The van der Waals surface area contributed by atoms with Crippen molar-refractivity contribution in [1.82, 2.24) is 15.6 Å². The molecule has 3 atom stereocenters. The van der Waals surface area contributed by atoms with Crippen molar-refractivity contribution >= 4 is 18.3 Å². The van der Waals surface area contributed by atoms with Gasteiger partial charge < -0.3 is 10.6 Å². The molecular formula is C16H24ClN3O. The maximum Gasteiger partial charge on any atom is 0.228 e. The molecule has 2 aliphatic rings. The molecule has 1 saturated carbocycles. The van der Waals surface area contributed by atoms with Gasteiger partial charge in [-0.2, -0.15) is 0 Å². The minimum atomic E-state index is -0.172. The monoisotopic (exact) mass is 309 g/mol. The number of aromatic nitrogens is 1. The highest BCUT2D eigenvalue weighted by Crippen LogP contribution is 2.44. The summed E-state index contributed by atoms with van der Waals surface area (Å²) in [5, 5.41) is 6.63. The number of nitrogens with zero attached hydrogens (tertiary/aromatic N) is 1. The molecule has 2 N–H and O–H groups in total. The molecule has 4 nitrogen and oxygen atoms in total. The number of nitrogens with one attached hydrogen (secondary N) is 2. The van der Waals surface area contributed by atoms with Crippen LogP contribution in [0, 0.1) is 11.3 Å². The predicted octanol–water partition coefficient (Wildman–Crippen LogP) is 2.46. The average Bonchev–Trinajstić information content (AvgIpc) is 2.93. The van der Waals surface area contributed by atoms with Crippen LogP contribution < -0.4 is 10.6 Å². The van der Waals surface area contributed by atoms with Gasteiger partial charge in [-0.3, -0.25) is 9.78 Å². The van der Waals surface area contributed by atoms with Gasteiger partial charge in [0.25, 0.3) is 0 Å². The second-order valence-electron chi connectivity index (χ2n) is 6.21. The molecule has 1 saturated heterocycles. The molecule has 3 rings (SSSR count). The van der Waals surface area contributed by atoms with Crippen LogP contribution in [-0.2, 0) is 4.79 Å². The number of carbonyl (C=O) groups is 1. The fraction of sp³-hybridized carbons (Fsp3) is 0.625. The van der Waals surface area contributed by atoms with Crippen molar-refractivity contribution < 1.29 is 4.79 Å². The van der Waals surface area contributed by atoms with Crippen molar-refractivity contribution in [3.63, 3.8) is 0 Å². The van der Waals surface area contributed by atoms with Gasteiger partial charge in [-0.05, 0) is 43.9 Å². The van der Waals surface area contributed by atoms with Crippen LogP contribution in [0.4, 0.5) is 0 Å². The number of halogens is 1. The highest BCUT2D eigenvalue weighted by molar-refractivity contribution is 5.85. The lowest BCUT2D eigenvalue weighted by Crippen LogP contribution is -2.48. The van der Waals surface area contributed by atoms with Gasteiger partial charge in [-0.15, -0.1) is 12.4 Å². The van der Waals surface area contributed by atoms with E-state index in [2.05, 4.69) is 15.6 Å². The van der Waals surface area contributed by atoms with E-state index in [9.17, 15) is 4.79 Å². The lowest BCUT2D eigenvalue weighted by Gasteiger charge is -2.38. The van der Waals surface area contributed by atoms with Crippen molar-refractivity contribution in [2.75, 3.05) is 13.1 Å². The summed E-state index contributed by atoms with van der Waals surface area (Å²) in [6.45, 7) is 3.86. The maximum atomic E-state index is 12.8. The van der Waals surface area contributed by atoms with E-state index >= 15 is 0 Å². The van der Waals surface area contributed by atoms with E-state index in [1.165, 1.54) is 19.3 Å². The van der Waals surface area contributed by atoms with E-state index in [-0.39, 0.29) is 29.8 Å². The first-order valence-electron chi connectivity index (χ1n) is 7.64. The van der Waals surface area contributed by atoms with Gasteiger partial charge in [0.15, 0.2) is 0 Å². The number of rotatable bonds is 3. The first-order chi connectivity index (χ1) is 9.72. The number of pyridine rings is 1. The van der Waals surface area contributed by atoms with Crippen molar-refractivity contribution in [2.24, 2.45) is 11.3 Å². The molecular weight excluding hydrogens is 286 g/mol. The lowest BCUT2D eigenvalue weighted by molar-refractivity contribution is -0.134. The second-order valence-corrected chi connectivity index (χ2v) is 6.21. The highest BCUT2D eigenvalue weighted by Gasteiger charge is 2.49. The minimum Gasteiger partial charge on any atom is -0.349 e. The molecule has 1 aromatic heterocycles. The number of hydrogen-bond donors (Lipinski definition) is 2. The molecule has 0 spiro atoms. The normalized spacial score (nSPS) is 29.1. The Bertz CT molecular complexity index is 482. The quantitative estimate of drug-likeness (QED) is 0.902. The molecule has 1 aromatic rings. The van der Waals surface area contributed by atoms with E-state index in [1.54, 1.807) is 6.20 Å². The Morgan fingerprint density at radius 2 is 2.38 bits per heavy atom. The molecule has 1 aliphatic carbocycles. The van der Waals surface area contributed by atoms with Crippen LogP contribution >= 0.6 is 12.4 Å². The summed E-state index contributed by atoms with van der Waals surface area (Å²) in [6, 6.07) is 3.95. The second kappa shape index (κ2) is 6.75. The van der Waals surface area contributed by atoms with Crippen LogP contribution in [0.2, 0.25) is 0 Å². The molecule has 5 heteroatoms. The molecule has 2 heterocycles. The van der Waals surface area contributed by atoms with Gasteiger partial charge in [0, 0.05) is 18.9 Å². The average molecular weight is 310 g/mol. The van der Waals surface area contributed by atoms with Crippen LogP contribution in [0.25, 0.3) is 0 Å². The SMILES string of the molecule is CC(NC(=O)[C@@]12CCCC[C@H]1CNC2)c1cccnc1.Cl. The molecule has 0 radical (unpaired) electrons. The number of amides is 1. The number of hydrogen-bond acceptors (Lipinski definition) is 3. The van der Waals surface area contributed by atoms with Crippen LogP contribution in [-0.4, -0.2) is 24.0 Å². The van der Waals surface area contributed by atoms with Gasteiger partial charge >= 0.3 is 0 Å². The molecule has 21 heavy (non-hydrogen) atoms. The van der Waals surface area contributed by atoms with Crippen LogP contribution in [0.15, 0.2) is 24.5 Å². The van der Waals surface area contributed by atoms with Gasteiger partial charge in [-0.1, -0.05) is 18.9 Å². The van der Waals surface area contributed by atoms with Gasteiger partial charge in [0.1, 0.15) is 0 Å². The first kappa shape index (κ1) is 16.2. The molecule has 116 valence electrons. The van der Waals surface area contributed by atoms with E-state index < -0.39 is 0 Å². The van der Waals surface area contributed by atoms with Crippen molar-refractivity contribution in [3.05, 3.63) is 30.1 Å². The molecule has 1 unspecified atom stereocenters. The Hall–Kier alpha value is -1.13. The first-order valence-corrected chi connectivity index (χ1v) is 7.64. The Kier molecular flexibility index (Phi) is 5.22. The molecule has 0 bridgehead atoms. The number of fused-ring (bicyclic) bond motifs is 1. The number of carbonyl (C=O) groups excluding carboxylic acids is 1. The smallest absolute Gasteiger partial charge is 0.228 e. The Morgan fingerprint density at radius 1 is 1.52 bits per heavy atom. The van der Waals surface area contributed by atoms with E-state index in [0.29, 0.717) is 5.92 Å². The largest absolute Gasteiger partial charge is 0.349 e. The van der Waals surface area contributed by atoms with Crippen molar-refractivity contribution in [2.45, 2.75) is 38.6 Å². The third kappa shape index (κ3) is 3.06. The van der Waals surface area contributed by atoms with Gasteiger partial charge in [0.05, 0.1) is 11.5 Å². The Labute approximate surface area is 132 Å². The predicted molar refractivity (Wildman–Crippen MR) is 85.3 cm³/mol. The standard InChI is InChI=1S/C16H23N3O.ClH/c1-12(13-5-4-8-17-9-13)19-15(20)16-7-3-2-6-14(16)10-18-11-16;/h4-5,8-9,12,14,18H,2-3,6-7,10-11H2,1H3,(H,19,20);1H/t12?,14-,16+;/m0./s1. The fourth-order valence-electron chi connectivity index (χ4n) is 3.75. The topological polar surface area (TPSA) is 54.0 Å². The van der Waals surface area contributed by atoms with Crippen LogP contribution in [0.1, 0.15) is 44.2 Å². The summed E-state index contributed by atoms with van der Waals surface area (Å²) < 4.78 is 0. The maximum absolute atomic E-state index is 12.8. The summed E-state index contributed by atoms with van der Waals surface area (Å²) in [4.78, 5) is 16.9. The summed E-state index contributed by atoms with van der Waals surface area (Å²) in [5.74, 6) is 0.737. The molecule has 0 aromatic carbocycles. The Morgan fingerprint density at radius 3 is 3.14 bits per heavy atom. The third-order valence-corrected chi connectivity index (χ3v) is 5.02. The fourth-order valence-corrected chi connectivity index (χ4v) is 3.75. The molecule has 1 amide bonds. The van der Waals surface area contributed by atoms with Gasteiger partial charge in [0.2, 0.25) is 5.91 Å².